The maximum absolute atomic E-state index is 13.0. The molecule has 1 fully saturated rings. The first kappa shape index (κ1) is 17.0. The maximum atomic E-state index is 13.0. The average Bonchev–Trinajstić information content (AvgIpc) is 2.70. The van der Waals surface area contributed by atoms with E-state index in [1.165, 1.54) is 0 Å². The Kier molecular flexibility index (Phi) is 4.92. The number of aryl methyl sites for hydroxylation is 2. The predicted molar refractivity (Wildman–Crippen MR) is 94.5 cm³/mol. The van der Waals surface area contributed by atoms with E-state index in [1.54, 1.807) is 0 Å². The number of furan rings is 1. The standard InChI is InChI=1S/C19H26N2O3/c1-13-5-6-16-14(2)18(24-17(16)9-13)19(22)21-7-8-23-12-15(11-21)10-20(3)4/h5-6,9,15H,7-8,10-12H2,1-4H3. The van der Waals surface area contributed by atoms with E-state index in [-0.39, 0.29) is 5.91 Å². The number of benzene rings is 1. The molecule has 1 aromatic heterocycles. The van der Waals surface area contributed by atoms with Crippen molar-refractivity contribution in [3.05, 3.63) is 35.1 Å². The first-order valence-corrected chi connectivity index (χ1v) is 8.47. The number of fused-ring (bicyclic) bond motifs is 1. The molecule has 1 aliphatic rings. The van der Waals surface area contributed by atoms with Crippen molar-refractivity contribution in [1.82, 2.24) is 9.80 Å². The molecular weight excluding hydrogens is 304 g/mol. The Balaban J connectivity index is 1.86. The van der Waals surface area contributed by atoms with E-state index < -0.39 is 0 Å². The van der Waals surface area contributed by atoms with Crippen molar-refractivity contribution in [2.24, 2.45) is 5.92 Å². The van der Waals surface area contributed by atoms with Crippen LogP contribution in [0.25, 0.3) is 11.0 Å². The third-order valence-corrected chi connectivity index (χ3v) is 4.54. The molecule has 1 unspecified atom stereocenters. The van der Waals surface area contributed by atoms with Gasteiger partial charge in [-0.2, -0.15) is 0 Å². The van der Waals surface area contributed by atoms with Crippen LogP contribution in [0.15, 0.2) is 22.6 Å². The normalized spacial score (nSPS) is 19.0. The fourth-order valence-electron chi connectivity index (χ4n) is 3.37. The number of carbonyl (C=O) groups excluding carboxylic acids is 1. The lowest BCUT2D eigenvalue weighted by atomic mass is 10.1. The molecule has 0 bridgehead atoms. The fourth-order valence-corrected chi connectivity index (χ4v) is 3.37. The molecule has 5 heteroatoms. The molecule has 2 heterocycles. The summed E-state index contributed by atoms with van der Waals surface area (Å²) in [5.41, 5.74) is 2.83. The number of ether oxygens (including phenoxy) is 1. The molecule has 1 saturated heterocycles. The highest BCUT2D eigenvalue weighted by atomic mass is 16.5. The lowest BCUT2D eigenvalue weighted by Gasteiger charge is -2.24. The van der Waals surface area contributed by atoms with Crippen LogP contribution in [0.3, 0.4) is 0 Å². The highest BCUT2D eigenvalue weighted by molar-refractivity contribution is 5.99. The highest BCUT2D eigenvalue weighted by Gasteiger charge is 2.27. The number of rotatable bonds is 3. The zero-order valence-corrected chi connectivity index (χ0v) is 15.0. The number of amides is 1. The fraction of sp³-hybridized carbons (Fsp3) is 0.526. The minimum absolute atomic E-state index is 0.0318. The zero-order chi connectivity index (χ0) is 17.3. The van der Waals surface area contributed by atoms with Crippen LogP contribution in [0.4, 0.5) is 0 Å². The third-order valence-electron chi connectivity index (χ3n) is 4.54. The van der Waals surface area contributed by atoms with Crippen LogP contribution < -0.4 is 0 Å². The Morgan fingerprint density at radius 3 is 2.88 bits per heavy atom. The van der Waals surface area contributed by atoms with Crippen LogP contribution in [0.2, 0.25) is 0 Å². The third kappa shape index (κ3) is 3.47. The summed E-state index contributed by atoms with van der Waals surface area (Å²) in [4.78, 5) is 17.0. The van der Waals surface area contributed by atoms with Gasteiger partial charge in [0.2, 0.25) is 0 Å². The molecule has 2 aromatic rings. The van der Waals surface area contributed by atoms with Crippen LogP contribution in [0.1, 0.15) is 21.7 Å². The molecule has 0 N–H and O–H groups in total. The highest BCUT2D eigenvalue weighted by Crippen LogP contribution is 2.27. The monoisotopic (exact) mass is 330 g/mol. The molecule has 1 aromatic carbocycles. The molecule has 1 aliphatic heterocycles. The van der Waals surface area contributed by atoms with E-state index in [0.29, 0.717) is 38.0 Å². The first-order chi connectivity index (χ1) is 11.5. The summed E-state index contributed by atoms with van der Waals surface area (Å²) in [6.45, 7) is 7.47. The Morgan fingerprint density at radius 2 is 2.12 bits per heavy atom. The van der Waals surface area contributed by atoms with E-state index >= 15 is 0 Å². The second-order valence-electron chi connectivity index (χ2n) is 7.01. The molecule has 5 nitrogen and oxygen atoms in total. The van der Waals surface area contributed by atoms with Gasteiger partial charge in [-0.05, 0) is 39.6 Å². The second kappa shape index (κ2) is 6.95. The van der Waals surface area contributed by atoms with Crippen LogP contribution in [0.5, 0.6) is 0 Å². The lowest BCUT2D eigenvalue weighted by Crippen LogP contribution is -2.38. The first-order valence-electron chi connectivity index (χ1n) is 8.47. The predicted octanol–water partition coefficient (Wildman–Crippen LogP) is 2.70. The van der Waals surface area contributed by atoms with Crippen molar-refractivity contribution in [3.8, 4) is 0 Å². The Labute approximate surface area is 143 Å². The Bertz CT molecular complexity index is 736. The van der Waals surface area contributed by atoms with Crippen LogP contribution >= 0.6 is 0 Å². The number of hydrogen-bond acceptors (Lipinski definition) is 4. The average molecular weight is 330 g/mol. The number of carbonyl (C=O) groups is 1. The molecule has 130 valence electrons. The molecule has 24 heavy (non-hydrogen) atoms. The summed E-state index contributed by atoms with van der Waals surface area (Å²) in [7, 11) is 4.09. The molecule has 1 amide bonds. The van der Waals surface area contributed by atoms with Crippen molar-refractivity contribution in [1.29, 1.82) is 0 Å². The van der Waals surface area contributed by atoms with E-state index in [0.717, 1.165) is 28.6 Å². The summed E-state index contributed by atoms with van der Waals surface area (Å²) < 4.78 is 11.6. The van der Waals surface area contributed by atoms with Crippen molar-refractivity contribution >= 4 is 16.9 Å². The van der Waals surface area contributed by atoms with Crippen LogP contribution in [-0.2, 0) is 4.74 Å². The van der Waals surface area contributed by atoms with E-state index in [9.17, 15) is 4.79 Å². The largest absolute Gasteiger partial charge is 0.451 e. The van der Waals surface area contributed by atoms with Gasteiger partial charge in [0.1, 0.15) is 5.58 Å². The quantitative estimate of drug-likeness (QED) is 0.868. The smallest absolute Gasteiger partial charge is 0.289 e. The molecular formula is C19H26N2O3. The van der Waals surface area contributed by atoms with Crippen molar-refractivity contribution < 1.29 is 13.9 Å². The topological polar surface area (TPSA) is 45.9 Å². The van der Waals surface area contributed by atoms with E-state index in [4.69, 9.17) is 9.15 Å². The van der Waals surface area contributed by atoms with Gasteiger partial charge in [-0.1, -0.05) is 12.1 Å². The molecule has 3 rings (SSSR count). The van der Waals surface area contributed by atoms with Gasteiger partial charge < -0.3 is 19.0 Å². The summed E-state index contributed by atoms with van der Waals surface area (Å²) in [6.07, 6.45) is 0. The van der Waals surface area contributed by atoms with Crippen molar-refractivity contribution in [2.75, 3.05) is 46.9 Å². The van der Waals surface area contributed by atoms with Gasteiger partial charge in [0, 0.05) is 36.5 Å². The summed E-state index contributed by atoms with van der Waals surface area (Å²) in [6, 6.07) is 6.06. The van der Waals surface area contributed by atoms with Crippen LogP contribution in [0, 0.1) is 19.8 Å². The molecule has 0 aliphatic carbocycles. The van der Waals surface area contributed by atoms with Gasteiger partial charge in [0.05, 0.1) is 13.2 Å². The van der Waals surface area contributed by atoms with E-state index in [2.05, 4.69) is 4.90 Å². The molecule has 1 atom stereocenters. The molecule has 0 spiro atoms. The summed E-state index contributed by atoms with van der Waals surface area (Å²) in [5.74, 6) is 0.745. The van der Waals surface area contributed by atoms with Gasteiger partial charge in [-0.3, -0.25) is 4.79 Å². The Morgan fingerprint density at radius 1 is 1.33 bits per heavy atom. The van der Waals surface area contributed by atoms with Gasteiger partial charge in [0.15, 0.2) is 5.76 Å². The molecule has 0 saturated carbocycles. The maximum Gasteiger partial charge on any atom is 0.289 e. The van der Waals surface area contributed by atoms with Gasteiger partial charge >= 0.3 is 0 Å². The van der Waals surface area contributed by atoms with Gasteiger partial charge in [0.25, 0.3) is 5.91 Å². The minimum atomic E-state index is -0.0318. The van der Waals surface area contributed by atoms with E-state index in [1.807, 2.05) is 51.0 Å². The summed E-state index contributed by atoms with van der Waals surface area (Å²) in [5, 5.41) is 1.01. The number of hydrogen-bond donors (Lipinski definition) is 0. The van der Waals surface area contributed by atoms with Crippen LogP contribution in [-0.4, -0.2) is 62.7 Å². The van der Waals surface area contributed by atoms with Gasteiger partial charge in [-0.15, -0.1) is 0 Å². The Hall–Kier alpha value is -1.85. The lowest BCUT2D eigenvalue weighted by molar-refractivity contribution is 0.0704. The number of nitrogens with zero attached hydrogens (tertiary/aromatic N) is 2. The van der Waals surface area contributed by atoms with Crippen molar-refractivity contribution in [2.45, 2.75) is 13.8 Å². The van der Waals surface area contributed by atoms with Crippen molar-refractivity contribution in [3.63, 3.8) is 0 Å². The zero-order valence-electron chi connectivity index (χ0n) is 15.0. The van der Waals surface area contributed by atoms with Gasteiger partial charge in [-0.25, -0.2) is 0 Å². The summed E-state index contributed by atoms with van der Waals surface area (Å²) >= 11 is 0. The minimum Gasteiger partial charge on any atom is -0.451 e. The molecule has 0 radical (unpaired) electrons. The second-order valence-corrected chi connectivity index (χ2v) is 7.01. The SMILES string of the molecule is Cc1ccc2c(C)c(C(=O)N3CCOCC(CN(C)C)C3)oc2c1.